The van der Waals surface area contributed by atoms with Crippen molar-refractivity contribution in [1.82, 2.24) is 15.0 Å². The van der Waals surface area contributed by atoms with Crippen LogP contribution in [0.15, 0.2) is 18.2 Å². The molecule has 1 aromatic heterocycles. The largest absolute Gasteiger partial charge is 0.455 e. The van der Waals surface area contributed by atoms with Crippen molar-refractivity contribution in [2.45, 2.75) is 19.4 Å². The number of ether oxygens (including phenoxy) is 2. The van der Waals surface area contributed by atoms with E-state index in [-0.39, 0.29) is 22.5 Å². The Bertz CT molecular complexity index is 713. The van der Waals surface area contributed by atoms with E-state index in [1.807, 2.05) is 0 Å². The molecule has 0 N–H and O–H groups in total. The molecule has 116 valence electrons. The standard InChI is InChI=1S/C14H13ClFN3O3/c1-8-13(14(20)22-10-4-5-21-7-10)17-18-19(8)12-3-2-9(15)6-11(12)16/h2-3,6,10H,4-5,7H2,1H3. The molecule has 2 heterocycles. The molecule has 1 unspecified atom stereocenters. The molecule has 2 aromatic rings. The fourth-order valence-electron chi connectivity index (χ4n) is 2.21. The van der Waals surface area contributed by atoms with Gasteiger partial charge in [0, 0.05) is 11.4 Å². The van der Waals surface area contributed by atoms with Crippen molar-refractivity contribution in [2.75, 3.05) is 13.2 Å². The number of hydrogen-bond donors (Lipinski definition) is 0. The maximum atomic E-state index is 13.9. The normalized spacial score (nSPS) is 17.7. The number of carbonyl (C=O) groups is 1. The zero-order valence-electron chi connectivity index (χ0n) is 11.8. The van der Waals surface area contributed by atoms with E-state index in [1.54, 1.807) is 6.92 Å². The Morgan fingerprint density at radius 3 is 3.05 bits per heavy atom. The zero-order valence-corrected chi connectivity index (χ0v) is 12.5. The van der Waals surface area contributed by atoms with Crippen molar-refractivity contribution in [2.24, 2.45) is 0 Å². The molecule has 6 nitrogen and oxygen atoms in total. The Hall–Kier alpha value is -1.99. The van der Waals surface area contributed by atoms with Gasteiger partial charge in [-0.1, -0.05) is 16.8 Å². The number of benzene rings is 1. The predicted molar refractivity (Wildman–Crippen MR) is 75.7 cm³/mol. The van der Waals surface area contributed by atoms with Gasteiger partial charge in [0.15, 0.2) is 5.69 Å². The Balaban J connectivity index is 1.86. The van der Waals surface area contributed by atoms with E-state index >= 15 is 0 Å². The van der Waals surface area contributed by atoms with Gasteiger partial charge in [0.25, 0.3) is 0 Å². The molecule has 22 heavy (non-hydrogen) atoms. The first kappa shape index (κ1) is 14.9. The minimum Gasteiger partial charge on any atom is -0.455 e. The molecule has 0 spiro atoms. The monoisotopic (exact) mass is 325 g/mol. The van der Waals surface area contributed by atoms with Gasteiger partial charge in [0.05, 0.1) is 18.9 Å². The van der Waals surface area contributed by atoms with E-state index in [9.17, 15) is 9.18 Å². The third-order valence-electron chi connectivity index (χ3n) is 3.39. The maximum Gasteiger partial charge on any atom is 0.361 e. The third-order valence-corrected chi connectivity index (χ3v) is 3.62. The molecule has 1 saturated heterocycles. The number of hydrogen-bond acceptors (Lipinski definition) is 5. The van der Waals surface area contributed by atoms with Crippen LogP contribution in [0.5, 0.6) is 0 Å². The van der Waals surface area contributed by atoms with Crippen LogP contribution in [0, 0.1) is 12.7 Å². The lowest BCUT2D eigenvalue weighted by atomic mass is 10.2. The van der Waals surface area contributed by atoms with E-state index in [4.69, 9.17) is 21.1 Å². The second kappa shape index (κ2) is 6.02. The van der Waals surface area contributed by atoms with Gasteiger partial charge in [-0.15, -0.1) is 5.10 Å². The summed E-state index contributed by atoms with van der Waals surface area (Å²) in [6.07, 6.45) is 0.384. The molecular weight excluding hydrogens is 313 g/mol. The molecule has 0 radical (unpaired) electrons. The smallest absolute Gasteiger partial charge is 0.361 e. The first-order valence-electron chi connectivity index (χ1n) is 6.72. The topological polar surface area (TPSA) is 66.2 Å². The van der Waals surface area contributed by atoms with Crippen LogP contribution < -0.4 is 0 Å². The van der Waals surface area contributed by atoms with Crippen molar-refractivity contribution in [1.29, 1.82) is 0 Å². The van der Waals surface area contributed by atoms with Gasteiger partial charge < -0.3 is 9.47 Å². The van der Waals surface area contributed by atoms with E-state index < -0.39 is 11.8 Å². The molecule has 1 atom stereocenters. The van der Waals surface area contributed by atoms with E-state index in [1.165, 1.54) is 22.9 Å². The first-order valence-corrected chi connectivity index (χ1v) is 7.10. The number of nitrogens with zero attached hydrogens (tertiary/aromatic N) is 3. The summed E-state index contributed by atoms with van der Waals surface area (Å²) in [5.41, 5.74) is 0.615. The van der Waals surface area contributed by atoms with Crippen LogP contribution in [0.3, 0.4) is 0 Å². The first-order chi connectivity index (χ1) is 10.6. The second-order valence-electron chi connectivity index (χ2n) is 4.92. The highest BCUT2D eigenvalue weighted by atomic mass is 35.5. The van der Waals surface area contributed by atoms with Gasteiger partial charge in [0.2, 0.25) is 0 Å². The fourth-order valence-corrected chi connectivity index (χ4v) is 2.37. The van der Waals surface area contributed by atoms with E-state index in [2.05, 4.69) is 10.3 Å². The SMILES string of the molecule is Cc1c(C(=O)OC2CCOC2)nnn1-c1ccc(Cl)cc1F. The Kier molecular flexibility index (Phi) is 4.08. The summed E-state index contributed by atoms with van der Waals surface area (Å²) in [5, 5.41) is 7.90. The molecule has 1 aliphatic rings. The highest BCUT2D eigenvalue weighted by Crippen LogP contribution is 2.20. The average molecular weight is 326 g/mol. The highest BCUT2D eigenvalue weighted by Gasteiger charge is 2.25. The molecule has 1 aromatic carbocycles. The number of rotatable bonds is 3. The van der Waals surface area contributed by atoms with Gasteiger partial charge >= 0.3 is 5.97 Å². The zero-order chi connectivity index (χ0) is 15.7. The van der Waals surface area contributed by atoms with Crippen molar-refractivity contribution in [3.05, 3.63) is 40.4 Å². The summed E-state index contributed by atoms with van der Waals surface area (Å²) < 4.78 is 25.6. The van der Waals surface area contributed by atoms with Gasteiger partial charge in [-0.05, 0) is 25.1 Å². The molecule has 1 fully saturated rings. The van der Waals surface area contributed by atoms with Crippen LogP contribution in [-0.2, 0) is 9.47 Å². The molecule has 0 aliphatic carbocycles. The molecule has 0 saturated carbocycles. The van der Waals surface area contributed by atoms with Gasteiger partial charge in [-0.2, -0.15) is 0 Å². The van der Waals surface area contributed by atoms with Crippen LogP contribution >= 0.6 is 11.6 Å². The van der Waals surface area contributed by atoms with Gasteiger partial charge in [-0.3, -0.25) is 0 Å². The summed E-state index contributed by atoms with van der Waals surface area (Å²) in [5.74, 6) is -1.14. The Morgan fingerprint density at radius 2 is 2.36 bits per heavy atom. The summed E-state index contributed by atoms with van der Waals surface area (Å²) in [7, 11) is 0. The highest BCUT2D eigenvalue weighted by molar-refractivity contribution is 6.30. The quantitative estimate of drug-likeness (QED) is 0.810. The minimum atomic E-state index is -0.589. The molecule has 3 rings (SSSR count). The van der Waals surface area contributed by atoms with Crippen LogP contribution in [0.25, 0.3) is 5.69 Å². The van der Waals surface area contributed by atoms with Crippen molar-refractivity contribution in [3.8, 4) is 5.69 Å². The summed E-state index contributed by atoms with van der Waals surface area (Å²) in [6.45, 7) is 2.57. The van der Waals surface area contributed by atoms with Crippen LogP contribution in [0.4, 0.5) is 4.39 Å². The fraction of sp³-hybridized carbons (Fsp3) is 0.357. The molecule has 0 amide bonds. The lowest BCUT2D eigenvalue weighted by molar-refractivity contribution is 0.0263. The predicted octanol–water partition coefficient (Wildman–Crippen LogP) is 2.31. The third kappa shape index (κ3) is 2.82. The van der Waals surface area contributed by atoms with E-state index in [0.29, 0.717) is 25.3 Å². The number of aromatic nitrogens is 3. The Labute approximate surface area is 130 Å². The number of halogens is 2. The summed E-state index contributed by atoms with van der Waals surface area (Å²) in [6, 6.07) is 4.18. The molecule has 1 aliphatic heterocycles. The Morgan fingerprint density at radius 1 is 1.55 bits per heavy atom. The van der Waals surface area contributed by atoms with Gasteiger partial charge in [-0.25, -0.2) is 13.9 Å². The minimum absolute atomic E-state index is 0.0567. The molecule has 8 heteroatoms. The number of esters is 1. The van der Waals surface area contributed by atoms with Crippen LogP contribution in [-0.4, -0.2) is 40.3 Å². The van der Waals surface area contributed by atoms with Crippen molar-refractivity contribution >= 4 is 17.6 Å². The maximum absolute atomic E-state index is 13.9. The molecule has 0 bridgehead atoms. The van der Waals surface area contributed by atoms with Crippen molar-refractivity contribution in [3.63, 3.8) is 0 Å². The van der Waals surface area contributed by atoms with Crippen LogP contribution in [0.2, 0.25) is 5.02 Å². The summed E-state index contributed by atoms with van der Waals surface area (Å²) in [4.78, 5) is 12.1. The van der Waals surface area contributed by atoms with Gasteiger partial charge in [0.1, 0.15) is 17.6 Å². The number of carbonyl (C=O) groups excluding carboxylic acids is 1. The second-order valence-corrected chi connectivity index (χ2v) is 5.36. The van der Waals surface area contributed by atoms with E-state index in [0.717, 1.165) is 0 Å². The van der Waals surface area contributed by atoms with Crippen LogP contribution in [0.1, 0.15) is 22.6 Å². The average Bonchev–Trinajstić information content (AvgIpc) is 3.09. The lowest BCUT2D eigenvalue weighted by Crippen LogP contribution is -2.19. The summed E-state index contributed by atoms with van der Waals surface area (Å²) >= 11 is 5.72. The molecular formula is C14H13ClFN3O3. The lowest BCUT2D eigenvalue weighted by Gasteiger charge is -2.09. The van der Waals surface area contributed by atoms with Crippen molar-refractivity contribution < 1.29 is 18.7 Å².